The average Bonchev–Trinajstić information content (AvgIpc) is 2.81. The molecule has 0 saturated carbocycles. The van der Waals surface area contributed by atoms with Crippen molar-refractivity contribution in [2.24, 2.45) is 5.92 Å². The summed E-state index contributed by atoms with van der Waals surface area (Å²) in [7, 11) is -0.692. The van der Waals surface area contributed by atoms with Gasteiger partial charge in [-0.15, -0.1) is 0 Å². The molecule has 0 N–H and O–H groups in total. The SMILES string of the molecule is CC1=C(C)C(C)C(C2=CCC=C2[SiH](C)C)=C1C. The van der Waals surface area contributed by atoms with Crippen LogP contribution in [0.3, 0.4) is 0 Å². The molecule has 0 amide bonds. The molecule has 0 radical (unpaired) electrons. The van der Waals surface area contributed by atoms with Crippen molar-refractivity contribution in [2.75, 3.05) is 0 Å². The van der Waals surface area contributed by atoms with Crippen molar-refractivity contribution in [3.05, 3.63) is 45.2 Å². The van der Waals surface area contributed by atoms with Crippen LogP contribution in [0, 0.1) is 5.92 Å². The van der Waals surface area contributed by atoms with E-state index in [1.54, 1.807) is 21.9 Å². The number of hydrogen-bond acceptors (Lipinski definition) is 0. The summed E-state index contributed by atoms with van der Waals surface area (Å²) >= 11 is 0. The van der Waals surface area contributed by atoms with Crippen LogP contribution < -0.4 is 0 Å². The van der Waals surface area contributed by atoms with E-state index in [1.807, 2.05) is 0 Å². The lowest BCUT2D eigenvalue weighted by molar-refractivity contribution is 0.827. The molecule has 0 saturated heterocycles. The summed E-state index contributed by atoms with van der Waals surface area (Å²) in [6.45, 7) is 14.1. The van der Waals surface area contributed by atoms with Crippen LogP contribution in [0.2, 0.25) is 13.1 Å². The first-order valence-corrected chi connectivity index (χ1v) is 9.63. The highest BCUT2D eigenvalue weighted by Crippen LogP contribution is 2.44. The van der Waals surface area contributed by atoms with Gasteiger partial charge in [-0.2, -0.15) is 0 Å². The Hall–Kier alpha value is -0.823. The van der Waals surface area contributed by atoms with Crippen LogP contribution in [0.1, 0.15) is 34.1 Å². The molecule has 0 bridgehead atoms. The van der Waals surface area contributed by atoms with E-state index in [0.717, 1.165) is 6.42 Å². The van der Waals surface area contributed by atoms with Crippen LogP contribution in [0.15, 0.2) is 45.2 Å². The molecule has 2 rings (SSSR count). The van der Waals surface area contributed by atoms with E-state index >= 15 is 0 Å². The smallest absolute Gasteiger partial charge is 0.0651 e. The molecule has 1 atom stereocenters. The van der Waals surface area contributed by atoms with Crippen LogP contribution in [0.25, 0.3) is 0 Å². The van der Waals surface area contributed by atoms with Gasteiger partial charge in [-0.25, -0.2) is 0 Å². The Labute approximate surface area is 107 Å². The van der Waals surface area contributed by atoms with Crippen LogP contribution in [0.5, 0.6) is 0 Å². The third-order valence-corrected chi connectivity index (χ3v) is 6.31. The van der Waals surface area contributed by atoms with E-state index in [2.05, 4.69) is 52.9 Å². The molecule has 1 heteroatoms. The lowest BCUT2D eigenvalue weighted by Gasteiger charge is -2.19. The van der Waals surface area contributed by atoms with Crippen molar-refractivity contribution in [1.82, 2.24) is 0 Å². The van der Waals surface area contributed by atoms with Crippen molar-refractivity contribution in [3.63, 3.8) is 0 Å². The minimum absolute atomic E-state index is 0.621. The summed E-state index contributed by atoms with van der Waals surface area (Å²) in [5, 5.41) is 1.69. The summed E-state index contributed by atoms with van der Waals surface area (Å²) in [5.74, 6) is 0.621. The van der Waals surface area contributed by atoms with Crippen LogP contribution in [-0.4, -0.2) is 8.80 Å². The zero-order chi connectivity index (χ0) is 12.7. The topological polar surface area (TPSA) is 0 Å². The molecular formula is C16H24Si. The van der Waals surface area contributed by atoms with Gasteiger partial charge in [0, 0.05) is 5.92 Å². The van der Waals surface area contributed by atoms with Gasteiger partial charge in [0.25, 0.3) is 0 Å². The Morgan fingerprint density at radius 1 is 1.06 bits per heavy atom. The molecule has 1 unspecified atom stereocenters. The lowest BCUT2D eigenvalue weighted by atomic mass is 9.92. The predicted molar refractivity (Wildman–Crippen MR) is 79.9 cm³/mol. The first-order valence-electron chi connectivity index (χ1n) is 6.74. The van der Waals surface area contributed by atoms with Gasteiger partial charge in [0.15, 0.2) is 0 Å². The van der Waals surface area contributed by atoms with Crippen molar-refractivity contribution in [2.45, 2.75) is 47.2 Å². The Kier molecular flexibility index (Phi) is 3.31. The largest absolute Gasteiger partial charge is 0.0812 e. The number of allylic oxidation sites excluding steroid dienone is 8. The molecule has 2 aliphatic rings. The van der Waals surface area contributed by atoms with E-state index in [-0.39, 0.29) is 0 Å². The number of hydrogen-bond donors (Lipinski definition) is 0. The molecule has 0 nitrogen and oxygen atoms in total. The molecule has 2 aliphatic carbocycles. The molecule has 17 heavy (non-hydrogen) atoms. The summed E-state index contributed by atoms with van der Waals surface area (Å²) < 4.78 is 0. The predicted octanol–water partition coefficient (Wildman–Crippen LogP) is 4.57. The summed E-state index contributed by atoms with van der Waals surface area (Å²) in [5.41, 5.74) is 7.82. The second-order valence-electron chi connectivity index (χ2n) is 5.74. The maximum atomic E-state index is 2.46. The van der Waals surface area contributed by atoms with Crippen molar-refractivity contribution >= 4 is 8.80 Å². The van der Waals surface area contributed by atoms with Crippen LogP contribution >= 0.6 is 0 Å². The highest BCUT2D eigenvalue weighted by atomic mass is 28.3. The normalized spacial score (nSPS) is 25.0. The van der Waals surface area contributed by atoms with E-state index in [9.17, 15) is 0 Å². The standard InChI is InChI=1S/C16H24Si/c1-10-11(2)13(4)16(12(10)3)14-8-7-9-15(14)17(5)6/h8-9,12,17H,7H2,1-6H3. The summed E-state index contributed by atoms with van der Waals surface area (Å²) in [4.78, 5) is 0. The van der Waals surface area contributed by atoms with E-state index in [1.165, 1.54) is 11.1 Å². The van der Waals surface area contributed by atoms with Gasteiger partial charge in [0.05, 0.1) is 8.80 Å². The van der Waals surface area contributed by atoms with Gasteiger partial charge in [0.1, 0.15) is 0 Å². The first kappa shape index (κ1) is 12.6. The highest BCUT2D eigenvalue weighted by Gasteiger charge is 2.29. The fourth-order valence-electron chi connectivity index (χ4n) is 3.14. The van der Waals surface area contributed by atoms with Gasteiger partial charge < -0.3 is 0 Å². The van der Waals surface area contributed by atoms with Gasteiger partial charge in [-0.05, 0) is 49.5 Å². The Morgan fingerprint density at radius 2 is 1.71 bits per heavy atom. The molecule has 0 aliphatic heterocycles. The molecule has 0 aromatic rings. The van der Waals surface area contributed by atoms with Crippen molar-refractivity contribution in [1.29, 1.82) is 0 Å². The second kappa shape index (κ2) is 4.45. The van der Waals surface area contributed by atoms with Crippen LogP contribution in [-0.2, 0) is 0 Å². The second-order valence-corrected chi connectivity index (χ2v) is 8.67. The summed E-state index contributed by atoms with van der Waals surface area (Å²) in [6, 6.07) is 0. The number of rotatable bonds is 2. The minimum Gasteiger partial charge on any atom is -0.0812 e. The molecule has 0 spiro atoms. The maximum absolute atomic E-state index is 2.46. The molecule has 92 valence electrons. The van der Waals surface area contributed by atoms with Crippen LogP contribution in [0.4, 0.5) is 0 Å². The van der Waals surface area contributed by atoms with Gasteiger partial charge in [0.2, 0.25) is 0 Å². The Bertz CT molecular complexity index is 470. The molecule has 0 aromatic heterocycles. The molecule has 0 aromatic carbocycles. The molecule has 0 fully saturated rings. The van der Waals surface area contributed by atoms with Gasteiger partial charge >= 0.3 is 0 Å². The van der Waals surface area contributed by atoms with E-state index < -0.39 is 8.80 Å². The lowest BCUT2D eigenvalue weighted by Crippen LogP contribution is -2.11. The first-order chi connectivity index (χ1) is 7.95. The van der Waals surface area contributed by atoms with Gasteiger partial charge in [-0.3, -0.25) is 0 Å². The molecule has 0 heterocycles. The monoisotopic (exact) mass is 244 g/mol. The Morgan fingerprint density at radius 3 is 2.18 bits per heavy atom. The zero-order valence-electron chi connectivity index (χ0n) is 12.0. The third-order valence-electron chi connectivity index (χ3n) is 4.52. The van der Waals surface area contributed by atoms with E-state index in [0.29, 0.717) is 5.92 Å². The third kappa shape index (κ3) is 1.91. The molecular weight excluding hydrogens is 220 g/mol. The fraction of sp³-hybridized carbons (Fsp3) is 0.500. The Balaban J connectivity index is 2.42. The van der Waals surface area contributed by atoms with Gasteiger partial charge in [-0.1, -0.05) is 42.9 Å². The quantitative estimate of drug-likeness (QED) is 0.624. The van der Waals surface area contributed by atoms with E-state index in [4.69, 9.17) is 0 Å². The maximum Gasteiger partial charge on any atom is 0.0651 e. The fourth-order valence-corrected chi connectivity index (χ4v) is 4.65. The highest BCUT2D eigenvalue weighted by molar-refractivity contribution is 6.65. The summed E-state index contributed by atoms with van der Waals surface area (Å²) in [6.07, 6.45) is 6.06. The zero-order valence-corrected chi connectivity index (χ0v) is 13.2. The minimum atomic E-state index is -0.692. The average molecular weight is 244 g/mol. The van der Waals surface area contributed by atoms with Crippen molar-refractivity contribution in [3.8, 4) is 0 Å². The van der Waals surface area contributed by atoms with Crippen molar-refractivity contribution < 1.29 is 0 Å².